The molecule has 0 saturated heterocycles. The van der Waals surface area contributed by atoms with Crippen LogP contribution in [0.5, 0.6) is 0 Å². The summed E-state index contributed by atoms with van der Waals surface area (Å²) in [5.74, 6) is 0. The standard InChI is InChI=1S/C12H18F3N3/c1-2-5-16-10-3-4-11(6-10)18-8-9(7-17-18)12(13,14)15/h7-8,10-11,16H,2-6H2,1H3. The van der Waals surface area contributed by atoms with E-state index in [9.17, 15) is 13.2 Å². The number of hydrogen-bond donors (Lipinski definition) is 1. The fourth-order valence-corrected chi connectivity index (χ4v) is 2.42. The summed E-state index contributed by atoms with van der Waals surface area (Å²) in [6, 6.07) is 0.504. The Morgan fingerprint density at radius 1 is 1.44 bits per heavy atom. The topological polar surface area (TPSA) is 29.9 Å². The Hall–Kier alpha value is -1.04. The van der Waals surface area contributed by atoms with Crippen LogP contribution < -0.4 is 5.32 Å². The molecule has 1 saturated carbocycles. The Bertz CT molecular complexity index is 386. The molecule has 0 amide bonds. The number of nitrogens with one attached hydrogen (secondary N) is 1. The second-order valence-corrected chi connectivity index (χ2v) is 4.82. The van der Waals surface area contributed by atoms with Gasteiger partial charge in [-0.3, -0.25) is 4.68 Å². The molecular weight excluding hydrogens is 243 g/mol. The Morgan fingerprint density at radius 3 is 2.83 bits per heavy atom. The highest BCUT2D eigenvalue weighted by atomic mass is 19.4. The predicted molar refractivity (Wildman–Crippen MR) is 62.2 cm³/mol. The minimum atomic E-state index is -4.29. The van der Waals surface area contributed by atoms with Crippen molar-refractivity contribution in [2.24, 2.45) is 0 Å². The van der Waals surface area contributed by atoms with Gasteiger partial charge in [-0.05, 0) is 32.2 Å². The molecule has 102 valence electrons. The predicted octanol–water partition coefficient (Wildman–Crippen LogP) is 3.00. The third kappa shape index (κ3) is 3.04. The van der Waals surface area contributed by atoms with Crippen molar-refractivity contribution in [1.29, 1.82) is 0 Å². The van der Waals surface area contributed by atoms with E-state index in [1.807, 2.05) is 0 Å². The van der Waals surface area contributed by atoms with Crippen LogP contribution in [0.3, 0.4) is 0 Å². The summed E-state index contributed by atoms with van der Waals surface area (Å²) in [5, 5.41) is 7.25. The lowest BCUT2D eigenvalue weighted by Gasteiger charge is -2.13. The molecule has 18 heavy (non-hydrogen) atoms. The molecule has 2 unspecified atom stereocenters. The minimum Gasteiger partial charge on any atom is -0.314 e. The van der Waals surface area contributed by atoms with Gasteiger partial charge in [0.1, 0.15) is 0 Å². The first-order valence-electron chi connectivity index (χ1n) is 6.35. The summed E-state index contributed by atoms with van der Waals surface area (Å²) in [4.78, 5) is 0. The molecule has 1 aliphatic rings. The molecule has 2 rings (SSSR count). The highest BCUT2D eigenvalue weighted by molar-refractivity contribution is 5.09. The van der Waals surface area contributed by atoms with Crippen LogP contribution in [0, 0.1) is 0 Å². The van der Waals surface area contributed by atoms with E-state index in [0.29, 0.717) is 6.04 Å². The molecule has 1 fully saturated rings. The van der Waals surface area contributed by atoms with Crippen molar-refractivity contribution in [3.63, 3.8) is 0 Å². The number of aromatic nitrogens is 2. The maximum atomic E-state index is 12.5. The van der Waals surface area contributed by atoms with E-state index in [0.717, 1.165) is 44.6 Å². The molecular formula is C12H18F3N3. The molecule has 3 nitrogen and oxygen atoms in total. The van der Waals surface area contributed by atoms with E-state index in [-0.39, 0.29) is 6.04 Å². The summed E-state index contributed by atoms with van der Waals surface area (Å²) in [7, 11) is 0. The van der Waals surface area contributed by atoms with Crippen LogP contribution in [-0.2, 0) is 6.18 Å². The van der Waals surface area contributed by atoms with Gasteiger partial charge in [-0.15, -0.1) is 0 Å². The summed E-state index contributed by atoms with van der Waals surface area (Å²) in [5.41, 5.74) is -0.660. The van der Waals surface area contributed by atoms with Gasteiger partial charge in [0.25, 0.3) is 0 Å². The molecule has 1 aromatic heterocycles. The van der Waals surface area contributed by atoms with Crippen LogP contribution in [0.2, 0.25) is 0 Å². The second-order valence-electron chi connectivity index (χ2n) is 4.82. The van der Waals surface area contributed by atoms with Crippen molar-refractivity contribution in [1.82, 2.24) is 15.1 Å². The van der Waals surface area contributed by atoms with Crippen LogP contribution in [0.1, 0.15) is 44.2 Å². The summed E-state index contributed by atoms with van der Waals surface area (Å²) in [6.07, 6.45) is 1.56. The zero-order valence-electron chi connectivity index (χ0n) is 10.4. The van der Waals surface area contributed by atoms with Crippen LogP contribution in [-0.4, -0.2) is 22.4 Å². The molecule has 2 atom stereocenters. The SMILES string of the molecule is CCCNC1CCC(n2cc(C(F)(F)F)cn2)C1. The molecule has 6 heteroatoms. The first-order valence-corrected chi connectivity index (χ1v) is 6.35. The van der Waals surface area contributed by atoms with Crippen molar-refractivity contribution < 1.29 is 13.2 Å². The average Bonchev–Trinajstić information content (AvgIpc) is 2.93. The van der Waals surface area contributed by atoms with E-state index >= 15 is 0 Å². The van der Waals surface area contributed by atoms with Gasteiger partial charge in [0.2, 0.25) is 0 Å². The summed E-state index contributed by atoms with van der Waals surface area (Å²) < 4.78 is 38.9. The van der Waals surface area contributed by atoms with Crippen molar-refractivity contribution in [3.8, 4) is 0 Å². The van der Waals surface area contributed by atoms with E-state index in [4.69, 9.17) is 0 Å². The van der Waals surface area contributed by atoms with E-state index in [2.05, 4.69) is 17.3 Å². The molecule has 1 aromatic rings. The van der Waals surface area contributed by atoms with Gasteiger partial charge in [0, 0.05) is 12.2 Å². The maximum absolute atomic E-state index is 12.5. The lowest BCUT2D eigenvalue weighted by atomic mass is 10.2. The lowest BCUT2D eigenvalue weighted by molar-refractivity contribution is -0.137. The molecule has 1 aliphatic carbocycles. The van der Waals surface area contributed by atoms with Crippen molar-refractivity contribution in [3.05, 3.63) is 18.0 Å². The summed E-state index contributed by atoms with van der Waals surface area (Å²) in [6.45, 7) is 3.06. The molecule has 0 aromatic carbocycles. The number of alkyl halides is 3. The van der Waals surface area contributed by atoms with Crippen LogP contribution >= 0.6 is 0 Å². The van der Waals surface area contributed by atoms with E-state index in [1.165, 1.54) is 4.68 Å². The number of nitrogens with zero attached hydrogens (tertiary/aromatic N) is 2. The van der Waals surface area contributed by atoms with Gasteiger partial charge < -0.3 is 5.32 Å². The quantitative estimate of drug-likeness (QED) is 0.903. The Morgan fingerprint density at radius 2 is 2.22 bits per heavy atom. The zero-order chi connectivity index (χ0) is 13.2. The number of halogens is 3. The zero-order valence-corrected chi connectivity index (χ0v) is 10.4. The number of hydrogen-bond acceptors (Lipinski definition) is 2. The average molecular weight is 261 g/mol. The van der Waals surface area contributed by atoms with Gasteiger partial charge in [-0.2, -0.15) is 18.3 Å². The fourth-order valence-electron chi connectivity index (χ4n) is 2.42. The maximum Gasteiger partial charge on any atom is 0.419 e. The molecule has 1 heterocycles. The monoisotopic (exact) mass is 261 g/mol. The Labute approximate surface area is 104 Å². The van der Waals surface area contributed by atoms with Crippen LogP contribution in [0.25, 0.3) is 0 Å². The Balaban J connectivity index is 1.95. The van der Waals surface area contributed by atoms with Crippen molar-refractivity contribution >= 4 is 0 Å². The summed E-state index contributed by atoms with van der Waals surface area (Å²) >= 11 is 0. The highest BCUT2D eigenvalue weighted by Crippen LogP contribution is 2.33. The lowest BCUT2D eigenvalue weighted by Crippen LogP contribution is -2.27. The third-order valence-electron chi connectivity index (χ3n) is 3.39. The highest BCUT2D eigenvalue weighted by Gasteiger charge is 2.34. The van der Waals surface area contributed by atoms with Gasteiger partial charge >= 0.3 is 6.18 Å². The normalized spacial score (nSPS) is 24.7. The van der Waals surface area contributed by atoms with Gasteiger partial charge in [-0.1, -0.05) is 6.92 Å². The minimum absolute atomic E-state index is 0.0930. The van der Waals surface area contributed by atoms with Crippen molar-refractivity contribution in [2.75, 3.05) is 6.54 Å². The first-order chi connectivity index (χ1) is 8.50. The molecule has 0 radical (unpaired) electrons. The smallest absolute Gasteiger partial charge is 0.314 e. The fraction of sp³-hybridized carbons (Fsp3) is 0.750. The first kappa shape index (κ1) is 13.4. The third-order valence-corrected chi connectivity index (χ3v) is 3.39. The van der Waals surface area contributed by atoms with Crippen LogP contribution in [0.15, 0.2) is 12.4 Å². The molecule has 0 aliphatic heterocycles. The van der Waals surface area contributed by atoms with Gasteiger partial charge in [0.15, 0.2) is 0 Å². The Kier molecular flexibility index (Phi) is 3.94. The second kappa shape index (κ2) is 5.30. The molecule has 0 spiro atoms. The van der Waals surface area contributed by atoms with E-state index < -0.39 is 11.7 Å². The van der Waals surface area contributed by atoms with Gasteiger partial charge in [-0.25, -0.2) is 0 Å². The van der Waals surface area contributed by atoms with E-state index in [1.54, 1.807) is 0 Å². The van der Waals surface area contributed by atoms with Gasteiger partial charge in [0.05, 0.1) is 17.8 Å². The van der Waals surface area contributed by atoms with Crippen molar-refractivity contribution in [2.45, 2.75) is 50.9 Å². The largest absolute Gasteiger partial charge is 0.419 e. The van der Waals surface area contributed by atoms with Crippen LogP contribution in [0.4, 0.5) is 13.2 Å². The number of rotatable bonds is 4. The molecule has 0 bridgehead atoms. The molecule has 1 N–H and O–H groups in total.